The van der Waals surface area contributed by atoms with Crippen molar-refractivity contribution in [3.63, 3.8) is 0 Å². The molecule has 0 fully saturated rings. The topological polar surface area (TPSA) is 48.2 Å². The molecule has 1 aromatic carbocycles. The molecule has 0 aliphatic heterocycles. The van der Waals surface area contributed by atoms with E-state index in [0.717, 1.165) is 38.7 Å². The van der Waals surface area contributed by atoms with Crippen molar-refractivity contribution in [1.29, 1.82) is 0 Å². The number of hydrogen-bond donors (Lipinski definition) is 0. The van der Waals surface area contributed by atoms with Crippen molar-refractivity contribution in [2.24, 2.45) is 0 Å². The Labute approximate surface area is 143 Å². The van der Waals surface area contributed by atoms with Crippen molar-refractivity contribution < 1.29 is 9.15 Å². The third-order valence-corrected chi connectivity index (χ3v) is 4.67. The molecule has 0 atom stereocenters. The van der Waals surface area contributed by atoms with Crippen LogP contribution >= 0.6 is 11.3 Å². The lowest BCUT2D eigenvalue weighted by Gasteiger charge is -2.08. The zero-order valence-electron chi connectivity index (χ0n) is 13.4. The molecule has 3 aromatic heterocycles. The molecule has 0 aliphatic carbocycles. The molecule has 120 valence electrons. The molecule has 0 radical (unpaired) electrons. The molecule has 0 unspecified atom stereocenters. The van der Waals surface area contributed by atoms with Crippen LogP contribution in [0, 0.1) is 13.8 Å². The van der Waals surface area contributed by atoms with Crippen LogP contribution in [-0.2, 0) is 6.61 Å². The van der Waals surface area contributed by atoms with Gasteiger partial charge in [0.1, 0.15) is 29.3 Å². The predicted molar refractivity (Wildman–Crippen MR) is 95.4 cm³/mol. The average Bonchev–Trinajstić information content (AvgIpc) is 3.22. The summed E-state index contributed by atoms with van der Waals surface area (Å²) in [6, 6.07) is 14.0. The maximum atomic E-state index is 5.99. The molecule has 0 saturated carbocycles. The molecule has 3 heterocycles. The van der Waals surface area contributed by atoms with Crippen LogP contribution in [0.4, 0.5) is 0 Å². The number of oxazole rings is 1. The lowest BCUT2D eigenvalue weighted by Crippen LogP contribution is -1.99. The summed E-state index contributed by atoms with van der Waals surface area (Å²) in [5.41, 5.74) is 2.65. The van der Waals surface area contributed by atoms with Gasteiger partial charge in [0, 0.05) is 11.1 Å². The number of thiophene rings is 1. The SMILES string of the molecule is Cc1ccc2cccc(OCc3nc(-c4cccs4)oc3C)c2n1. The van der Waals surface area contributed by atoms with Crippen molar-refractivity contribution in [3.8, 4) is 16.5 Å². The molecule has 0 amide bonds. The van der Waals surface area contributed by atoms with Gasteiger partial charge in [-0.05, 0) is 37.4 Å². The van der Waals surface area contributed by atoms with Crippen LogP contribution in [0.5, 0.6) is 5.75 Å². The number of pyridine rings is 1. The van der Waals surface area contributed by atoms with Gasteiger partial charge in [-0.1, -0.05) is 24.3 Å². The number of nitrogens with zero attached hydrogens (tertiary/aromatic N) is 2. The molecule has 0 bridgehead atoms. The van der Waals surface area contributed by atoms with Gasteiger partial charge in [0.25, 0.3) is 0 Å². The minimum atomic E-state index is 0.357. The summed E-state index contributed by atoms with van der Waals surface area (Å²) < 4.78 is 11.7. The summed E-state index contributed by atoms with van der Waals surface area (Å²) in [6.45, 7) is 4.25. The van der Waals surface area contributed by atoms with Gasteiger partial charge >= 0.3 is 0 Å². The highest BCUT2D eigenvalue weighted by Gasteiger charge is 2.13. The second-order valence-corrected chi connectivity index (χ2v) is 6.52. The predicted octanol–water partition coefficient (Wildman–Crippen LogP) is 5.15. The van der Waals surface area contributed by atoms with Crippen LogP contribution in [0.1, 0.15) is 17.1 Å². The van der Waals surface area contributed by atoms with E-state index in [1.807, 2.05) is 55.6 Å². The summed E-state index contributed by atoms with van der Waals surface area (Å²) in [7, 11) is 0. The smallest absolute Gasteiger partial charge is 0.236 e. The Morgan fingerprint density at radius 3 is 2.79 bits per heavy atom. The standard InChI is InChI=1S/C19H16N2O2S/c1-12-8-9-14-5-3-6-16(18(14)20-12)22-11-15-13(2)23-19(21-15)17-7-4-10-24-17/h3-10H,11H2,1-2H3. The van der Waals surface area contributed by atoms with Crippen molar-refractivity contribution in [1.82, 2.24) is 9.97 Å². The fourth-order valence-corrected chi connectivity index (χ4v) is 3.20. The third kappa shape index (κ3) is 2.78. The number of para-hydroxylation sites is 1. The van der Waals surface area contributed by atoms with E-state index in [1.165, 1.54) is 0 Å². The summed E-state index contributed by atoms with van der Waals surface area (Å²) in [6.07, 6.45) is 0. The number of rotatable bonds is 4. The zero-order valence-corrected chi connectivity index (χ0v) is 14.3. The van der Waals surface area contributed by atoms with Crippen LogP contribution in [0.25, 0.3) is 21.7 Å². The molecule has 24 heavy (non-hydrogen) atoms. The molecule has 0 N–H and O–H groups in total. The zero-order chi connectivity index (χ0) is 16.5. The molecule has 4 nitrogen and oxygen atoms in total. The van der Waals surface area contributed by atoms with Crippen LogP contribution in [-0.4, -0.2) is 9.97 Å². The number of hydrogen-bond acceptors (Lipinski definition) is 5. The molecular formula is C19H16N2O2S. The van der Waals surface area contributed by atoms with E-state index < -0.39 is 0 Å². The summed E-state index contributed by atoms with van der Waals surface area (Å²) >= 11 is 1.61. The Bertz CT molecular complexity index is 990. The molecule has 4 aromatic rings. The quantitative estimate of drug-likeness (QED) is 0.517. The van der Waals surface area contributed by atoms with Gasteiger partial charge in [-0.3, -0.25) is 0 Å². The molecule has 0 spiro atoms. The molecule has 5 heteroatoms. The Balaban J connectivity index is 1.61. The highest BCUT2D eigenvalue weighted by atomic mass is 32.1. The number of benzene rings is 1. The van der Waals surface area contributed by atoms with E-state index in [0.29, 0.717) is 12.5 Å². The van der Waals surface area contributed by atoms with Crippen molar-refractivity contribution in [2.75, 3.05) is 0 Å². The van der Waals surface area contributed by atoms with E-state index in [-0.39, 0.29) is 0 Å². The summed E-state index contributed by atoms with van der Waals surface area (Å²) in [4.78, 5) is 10.2. The highest BCUT2D eigenvalue weighted by Crippen LogP contribution is 2.28. The first-order chi connectivity index (χ1) is 11.7. The van der Waals surface area contributed by atoms with Crippen LogP contribution < -0.4 is 4.74 Å². The van der Waals surface area contributed by atoms with Crippen LogP contribution in [0.2, 0.25) is 0 Å². The van der Waals surface area contributed by atoms with E-state index in [4.69, 9.17) is 9.15 Å². The van der Waals surface area contributed by atoms with Crippen molar-refractivity contribution in [2.45, 2.75) is 20.5 Å². The molecule has 0 saturated heterocycles. The first kappa shape index (κ1) is 14.9. The van der Waals surface area contributed by atoms with E-state index in [1.54, 1.807) is 11.3 Å². The fourth-order valence-electron chi connectivity index (χ4n) is 2.55. The lowest BCUT2D eigenvalue weighted by molar-refractivity contribution is 0.302. The minimum absolute atomic E-state index is 0.357. The van der Waals surface area contributed by atoms with Crippen molar-refractivity contribution in [3.05, 3.63) is 65.0 Å². The first-order valence-corrected chi connectivity index (χ1v) is 8.58. The second kappa shape index (κ2) is 6.09. The fraction of sp³-hybridized carbons (Fsp3) is 0.158. The summed E-state index contributed by atoms with van der Waals surface area (Å²) in [5.74, 6) is 2.19. The number of fused-ring (bicyclic) bond motifs is 1. The van der Waals surface area contributed by atoms with E-state index in [9.17, 15) is 0 Å². The largest absolute Gasteiger partial charge is 0.485 e. The Kier molecular flexibility index (Phi) is 3.78. The van der Waals surface area contributed by atoms with Gasteiger partial charge < -0.3 is 9.15 Å². The Morgan fingerprint density at radius 2 is 1.96 bits per heavy atom. The van der Waals surface area contributed by atoms with Gasteiger partial charge in [0.15, 0.2) is 0 Å². The first-order valence-electron chi connectivity index (χ1n) is 7.70. The van der Waals surface area contributed by atoms with Crippen LogP contribution in [0.3, 0.4) is 0 Å². The highest BCUT2D eigenvalue weighted by molar-refractivity contribution is 7.13. The maximum absolute atomic E-state index is 5.99. The van der Waals surface area contributed by atoms with Gasteiger partial charge in [0.05, 0.1) is 4.88 Å². The third-order valence-electron chi connectivity index (χ3n) is 3.81. The van der Waals surface area contributed by atoms with Gasteiger partial charge in [-0.15, -0.1) is 11.3 Å². The number of aromatic nitrogens is 2. The second-order valence-electron chi connectivity index (χ2n) is 5.57. The molecular weight excluding hydrogens is 320 g/mol. The van der Waals surface area contributed by atoms with Crippen molar-refractivity contribution >= 4 is 22.2 Å². The Morgan fingerprint density at radius 1 is 1.04 bits per heavy atom. The average molecular weight is 336 g/mol. The normalized spacial score (nSPS) is 11.1. The molecule has 0 aliphatic rings. The van der Waals surface area contributed by atoms with Gasteiger partial charge in [-0.2, -0.15) is 0 Å². The van der Waals surface area contributed by atoms with Gasteiger partial charge in [-0.25, -0.2) is 9.97 Å². The minimum Gasteiger partial charge on any atom is -0.485 e. The van der Waals surface area contributed by atoms with Gasteiger partial charge in [0.2, 0.25) is 5.89 Å². The summed E-state index contributed by atoms with van der Waals surface area (Å²) in [5, 5.41) is 3.07. The number of ether oxygens (including phenoxy) is 1. The lowest BCUT2D eigenvalue weighted by atomic mass is 10.2. The number of aryl methyl sites for hydroxylation is 2. The monoisotopic (exact) mass is 336 g/mol. The van der Waals surface area contributed by atoms with E-state index >= 15 is 0 Å². The van der Waals surface area contributed by atoms with E-state index in [2.05, 4.69) is 16.0 Å². The van der Waals surface area contributed by atoms with Crippen LogP contribution in [0.15, 0.2) is 52.3 Å². The Hall–Kier alpha value is -2.66. The maximum Gasteiger partial charge on any atom is 0.236 e. The molecule has 4 rings (SSSR count).